The largest absolute Gasteiger partial charge is 0.506 e. The van der Waals surface area contributed by atoms with Gasteiger partial charge in [0.25, 0.3) is 0 Å². The summed E-state index contributed by atoms with van der Waals surface area (Å²) in [5.74, 6) is -0.166. The minimum absolute atomic E-state index is 0.0851. The van der Waals surface area contributed by atoms with Crippen molar-refractivity contribution in [3.05, 3.63) is 27.7 Å². The first-order valence-corrected chi connectivity index (χ1v) is 7.15. The highest BCUT2D eigenvalue weighted by molar-refractivity contribution is 6.35. The molecule has 1 aromatic rings. The van der Waals surface area contributed by atoms with Gasteiger partial charge in [0, 0.05) is 49.2 Å². The van der Waals surface area contributed by atoms with Crippen molar-refractivity contribution in [3.63, 3.8) is 0 Å². The van der Waals surface area contributed by atoms with Crippen LogP contribution >= 0.6 is 23.2 Å². The number of nitrogens with one attached hydrogen (secondary N) is 1. The monoisotopic (exact) mass is 324 g/mol. The lowest BCUT2D eigenvalue weighted by atomic mass is 10.00. The highest BCUT2D eigenvalue weighted by atomic mass is 35.5. The van der Waals surface area contributed by atoms with Crippen LogP contribution in [-0.2, 0) is 0 Å². The normalized spacial score (nSPS) is 18.4. The molecule has 0 unspecified atom stereocenters. The summed E-state index contributed by atoms with van der Waals surface area (Å²) < 4.78 is 25.7. The summed E-state index contributed by atoms with van der Waals surface area (Å²) in [6.07, 6.45) is -2.82. The van der Waals surface area contributed by atoms with E-state index in [1.54, 1.807) is 0 Å². The van der Waals surface area contributed by atoms with Crippen LogP contribution in [0.25, 0.3) is 0 Å². The Hall–Kier alpha value is -0.620. The van der Waals surface area contributed by atoms with Crippen molar-refractivity contribution in [1.82, 2.24) is 10.2 Å². The first kappa shape index (κ1) is 15.8. The van der Waals surface area contributed by atoms with Crippen molar-refractivity contribution in [3.8, 4) is 5.75 Å². The third-order valence-corrected chi connectivity index (χ3v) is 3.92. The highest BCUT2D eigenvalue weighted by Crippen LogP contribution is 2.39. The predicted molar refractivity (Wildman–Crippen MR) is 75.9 cm³/mol. The Morgan fingerprint density at radius 2 is 1.90 bits per heavy atom. The molecule has 3 nitrogen and oxygen atoms in total. The molecule has 0 bridgehead atoms. The summed E-state index contributed by atoms with van der Waals surface area (Å²) in [6.45, 7) is 2.74. The molecule has 0 saturated carbocycles. The van der Waals surface area contributed by atoms with Crippen LogP contribution in [0.3, 0.4) is 0 Å². The van der Waals surface area contributed by atoms with E-state index < -0.39 is 12.5 Å². The van der Waals surface area contributed by atoms with Gasteiger partial charge in [-0.1, -0.05) is 23.2 Å². The maximum Gasteiger partial charge on any atom is 0.240 e. The van der Waals surface area contributed by atoms with E-state index in [1.165, 1.54) is 12.1 Å². The first-order valence-electron chi connectivity index (χ1n) is 6.40. The fourth-order valence-corrected chi connectivity index (χ4v) is 2.98. The molecule has 2 rings (SSSR count). The van der Waals surface area contributed by atoms with E-state index in [1.807, 2.05) is 4.90 Å². The van der Waals surface area contributed by atoms with Crippen molar-refractivity contribution in [2.45, 2.75) is 18.9 Å². The summed E-state index contributed by atoms with van der Waals surface area (Å²) in [5.41, 5.74) is 0.365. The van der Waals surface area contributed by atoms with E-state index in [2.05, 4.69) is 5.32 Å². The third-order valence-electron chi connectivity index (χ3n) is 3.41. The van der Waals surface area contributed by atoms with Crippen LogP contribution in [0.2, 0.25) is 10.0 Å². The molecule has 0 aromatic heterocycles. The van der Waals surface area contributed by atoms with Crippen LogP contribution in [0.4, 0.5) is 8.78 Å². The molecule has 0 radical (unpaired) electrons. The molecular formula is C13H16Cl2F2N2O. The number of phenols is 1. The number of hydrogen-bond acceptors (Lipinski definition) is 3. The van der Waals surface area contributed by atoms with Crippen molar-refractivity contribution in [2.75, 3.05) is 26.2 Å². The number of rotatable bonds is 4. The molecule has 1 atom stereocenters. The Kier molecular flexibility index (Phi) is 5.43. The zero-order valence-electron chi connectivity index (χ0n) is 10.8. The minimum atomic E-state index is -2.47. The average Bonchev–Trinajstić information content (AvgIpc) is 2.41. The Bertz CT molecular complexity index is 468. The van der Waals surface area contributed by atoms with Gasteiger partial charge < -0.3 is 10.4 Å². The van der Waals surface area contributed by atoms with Crippen LogP contribution in [0.1, 0.15) is 18.0 Å². The maximum atomic E-state index is 12.9. The standard InChI is InChI=1S/C13H16Cl2F2N2O/c14-8-5-9(13(20)10(15)6-8)11(7-12(16)17)19-3-1-18-2-4-19/h5-6,11-12,18,20H,1-4,7H2/t11-/m1/s1. The maximum absolute atomic E-state index is 12.9. The van der Waals surface area contributed by atoms with Crippen molar-refractivity contribution in [1.29, 1.82) is 0 Å². The third kappa shape index (κ3) is 3.73. The SMILES string of the molecule is Oc1c(Cl)cc(Cl)cc1[C@@H](CC(F)F)N1CCNCC1. The van der Waals surface area contributed by atoms with E-state index in [-0.39, 0.29) is 17.2 Å². The summed E-state index contributed by atoms with van der Waals surface area (Å²) in [7, 11) is 0. The second-order valence-electron chi connectivity index (χ2n) is 4.75. The second kappa shape index (κ2) is 6.89. The zero-order chi connectivity index (χ0) is 14.7. The van der Waals surface area contributed by atoms with Crippen LogP contribution in [0, 0.1) is 0 Å². The number of nitrogens with zero attached hydrogens (tertiary/aromatic N) is 1. The summed E-state index contributed by atoms with van der Waals surface area (Å²) in [6, 6.07) is 2.32. The quantitative estimate of drug-likeness (QED) is 0.892. The van der Waals surface area contributed by atoms with E-state index in [4.69, 9.17) is 23.2 Å². The Balaban J connectivity index is 2.34. The summed E-state index contributed by atoms with van der Waals surface area (Å²) in [4.78, 5) is 1.92. The average molecular weight is 325 g/mol. The van der Waals surface area contributed by atoms with Crippen LogP contribution in [0.15, 0.2) is 12.1 Å². The van der Waals surface area contributed by atoms with Gasteiger partial charge in [-0.2, -0.15) is 0 Å². The Morgan fingerprint density at radius 1 is 1.25 bits per heavy atom. The lowest BCUT2D eigenvalue weighted by Gasteiger charge is -2.35. The van der Waals surface area contributed by atoms with Crippen LogP contribution in [0.5, 0.6) is 5.75 Å². The molecule has 112 valence electrons. The van der Waals surface area contributed by atoms with Gasteiger partial charge in [-0.3, -0.25) is 4.90 Å². The summed E-state index contributed by atoms with van der Waals surface area (Å²) in [5, 5.41) is 13.6. The molecule has 7 heteroatoms. The van der Waals surface area contributed by atoms with Gasteiger partial charge in [-0.15, -0.1) is 0 Å². The van der Waals surface area contributed by atoms with Gasteiger partial charge in [0.2, 0.25) is 6.43 Å². The molecule has 1 saturated heterocycles. The van der Waals surface area contributed by atoms with Gasteiger partial charge in [-0.25, -0.2) is 8.78 Å². The number of alkyl halides is 2. The van der Waals surface area contributed by atoms with Gasteiger partial charge in [0.1, 0.15) is 5.75 Å². The number of halogens is 4. The van der Waals surface area contributed by atoms with Gasteiger partial charge in [0.15, 0.2) is 0 Å². The molecule has 2 N–H and O–H groups in total. The van der Waals surface area contributed by atoms with Crippen LogP contribution < -0.4 is 5.32 Å². The fraction of sp³-hybridized carbons (Fsp3) is 0.538. The molecule has 1 heterocycles. The number of benzene rings is 1. The molecule has 1 fully saturated rings. The van der Waals surface area contributed by atoms with E-state index in [0.29, 0.717) is 23.7 Å². The molecule has 0 amide bonds. The van der Waals surface area contributed by atoms with Gasteiger partial charge in [-0.05, 0) is 12.1 Å². The zero-order valence-corrected chi connectivity index (χ0v) is 12.3. The molecule has 20 heavy (non-hydrogen) atoms. The fourth-order valence-electron chi connectivity index (χ4n) is 2.48. The minimum Gasteiger partial charge on any atom is -0.506 e. The number of piperazine rings is 1. The number of phenolic OH excluding ortho intramolecular Hbond substituents is 1. The molecule has 1 aromatic carbocycles. The highest BCUT2D eigenvalue weighted by Gasteiger charge is 2.28. The van der Waals surface area contributed by atoms with E-state index >= 15 is 0 Å². The van der Waals surface area contributed by atoms with E-state index in [9.17, 15) is 13.9 Å². The molecule has 0 aliphatic carbocycles. The van der Waals surface area contributed by atoms with Crippen molar-refractivity contribution in [2.24, 2.45) is 0 Å². The number of aromatic hydroxyl groups is 1. The molecule has 1 aliphatic heterocycles. The number of hydrogen-bond donors (Lipinski definition) is 2. The Morgan fingerprint density at radius 3 is 2.50 bits per heavy atom. The molecule has 0 spiro atoms. The van der Waals surface area contributed by atoms with Crippen molar-refractivity contribution < 1.29 is 13.9 Å². The smallest absolute Gasteiger partial charge is 0.240 e. The lowest BCUT2D eigenvalue weighted by Crippen LogP contribution is -2.45. The molecule has 1 aliphatic rings. The Labute approximate surface area is 126 Å². The van der Waals surface area contributed by atoms with Crippen LogP contribution in [-0.4, -0.2) is 42.6 Å². The van der Waals surface area contributed by atoms with E-state index in [0.717, 1.165) is 13.1 Å². The lowest BCUT2D eigenvalue weighted by molar-refractivity contribution is 0.0730. The first-order chi connectivity index (χ1) is 9.49. The van der Waals surface area contributed by atoms with Crippen molar-refractivity contribution >= 4 is 23.2 Å². The second-order valence-corrected chi connectivity index (χ2v) is 5.60. The van der Waals surface area contributed by atoms with Gasteiger partial charge >= 0.3 is 0 Å². The predicted octanol–water partition coefficient (Wildman–Crippen LogP) is 3.30. The molecular weight excluding hydrogens is 309 g/mol. The van der Waals surface area contributed by atoms with Gasteiger partial charge in [0.05, 0.1) is 5.02 Å². The topological polar surface area (TPSA) is 35.5 Å². The summed E-state index contributed by atoms with van der Waals surface area (Å²) >= 11 is 11.8.